The van der Waals surface area contributed by atoms with Crippen molar-refractivity contribution >= 4 is 11.6 Å². The van der Waals surface area contributed by atoms with Gasteiger partial charge in [-0.25, -0.2) is 0 Å². The standard InChI is InChI=1S/C17H22ClN3O/c1-12-9-16(20-19-12)14-3-2-8-21(10-14)11-17(22)13-4-6-15(18)7-5-13/h4-7,9,14,17,22H,2-3,8,10-11H2,1H3,(H,19,20)/t14-,17+/m0/s1. The summed E-state index contributed by atoms with van der Waals surface area (Å²) in [6.45, 7) is 4.67. The molecular weight excluding hydrogens is 298 g/mol. The summed E-state index contributed by atoms with van der Waals surface area (Å²) in [5.74, 6) is 0.455. The predicted molar refractivity (Wildman–Crippen MR) is 88.2 cm³/mol. The third kappa shape index (κ3) is 3.69. The molecule has 1 aliphatic heterocycles. The van der Waals surface area contributed by atoms with Crippen LogP contribution in [0.2, 0.25) is 5.02 Å². The van der Waals surface area contributed by atoms with E-state index in [2.05, 4.69) is 21.2 Å². The Morgan fingerprint density at radius 2 is 2.18 bits per heavy atom. The van der Waals surface area contributed by atoms with Crippen molar-refractivity contribution in [3.63, 3.8) is 0 Å². The number of rotatable bonds is 4. The first kappa shape index (κ1) is 15.5. The first-order valence-corrected chi connectivity index (χ1v) is 8.17. The van der Waals surface area contributed by atoms with Crippen LogP contribution in [0.15, 0.2) is 30.3 Å². The maximum absolute atomic E-state index is 10.4. The predicted octanol–water partition coefficient (Wildman–Crippen LogP) is 3.28. The molecule has 1 aliphatic rings. The Hall–Kier alpha value is -1.36. The van der Waals surface area contributed by atoms with Gasteiger partial charge in [-0.3, -0.25) is 10.00 Å². The van der Waals surface area contributed by atoms with Crippen LogP contribution in [0.25, 0.3) is 0 Å². The molecular formula is C17H22ClN3O. The number of aliphatic hydroxyl groups is 1. The zero-order chi connectivity index (χ0) is 15.5. The second-order valence-electron chi connectivity index (χ2n) is 6.14. The minimum absolute atomic E-state index is 0.455. The van der Waals surface area contributed by atoms with Crippen molar-refractivity contribution < 1.29 is 5.11 Å². The maximum atomic E-state index is 10.4. The number of aromatic nitrogens is 2. The Morgan fingerprint density at radius 3 is 2.86 bits per heavy atom. The third-order valence-corrected chi connectivity index (χ3v) is 4.59. The lowest BCUT2D eigenvalue weighted by Gasteiger charge is -2.33. The lowest BCUT2D eigenvalue weighted by molar-refractivity contribution is 0.0950. The molecule has 0 radical (unpaired) electrons. The molecule has 0 aliphatic carbocycles. The molecule has 2 atom stereocenters. The SMILES string of the molecule is Cc1cc([C@H]2CCCN(C[C@@H](O)c3ccc(Cl)cc3)C2)n[nH]1. The van der Waals surface area contributed by atoms with E-state index in [1.54, 1.807) is 0 Å². The first-order chi connectivity index (χ1) is 10.6. The molecule has 1 saturated heterocycles. The van der Waals surface area contributed by atoms with Crippen molar-refractivity contribution in [2.45, 2.75) is 31.8 Å². The Balaban J connectivity index is 1.61. The van der Waals surface area contributed by atoms with Gasteiger partial charge in [-0.1, -0.05) is 23.7 Å². The summed E-state index contributed by atoms with van der Waals surface area (Å²) in [4.78, 5) is 2.33. The van der Waals surface area contributed by atoms with Crippen molar-refractivity contribution in [3.8, 4) is 0 Å². The van der Waals surface area contributed by atoms with Crippen molar-refractivity contribution in [2.24, 2.45) is 0 Å². The Kier molecular flexibility index (Phi) is 4.81. The molecule has 0 unspecified atom stereocenters. The highest BCUT2D eigenvalue weighted by Crippen LogP contribution is 2.27. The summed E-state index contributed by atoms with van der Waals surface area (Å²) in [6, 6.07) is 9.57. The number of nitrogens with zero attached hydrogens (tertiary/aromatic N) is 2. The van der Waals surface area contributed by atoms with Crippen LogP contribution in [0.3, 0.4) is 0 Å². The van der Waals surface area contributed by atoms with Crippen LogP contribution in [-0.2, 0) is 0 Å². The van der Waals surface area contributed by atoms with Crippen molar-refractivity contribution in [1.29, 1.82) is 0 Å². The summed E-state index contributed by atoms with van der Waals surface area (Å²) < 4.78 is 0. The number of β-amino-alcohol motifs (C(OH)–C–C–N with tert-alkyl or cyclic N) is 1. The number of aromatic amines is 1. The van der Waals surface area contributed by atoms with Crippen LogP contribution in [0.5, 0.6) is 0 Å². The number of aryl methyl sites for hydroxylation is 1. The summed E-state index contributed by atoms with van der Waals surface area (Å²) in [7, 11) is 0. The molecule has 2 heterocycles. The minimum atomic E-state index is -0.475. The summed E-state index contributed by atoms with van der Waals surface area (Å²) in [6.07, 6.45) is 1.83. The van der Waals surface area contributed by atoms with Gasteiger partial charge in [0.1, 0.15) is 0 Å². The Labute approximate surface area is 136 Å². The fraction of sp³-hybridized carbons (Fsp3) is 0.471. The average molecular weight is 320 g/mol. The van der Waals surface area contributed by atoms with Gasteiger partial charge in [-0.05, 0) is 50.1 Å². The molecule has 2 N–H and O–H groups in total. The van der Waals surface area contributed by atoms with Gasteiger partial charge in [0, 0.05) is 29.7 Å². The molecule has 0 amide bonds. The number of benzene rings is 1. The number of halogens is 1. The van der Waals surface area contributed by atoms with Gasteiger partial charge in [0.05, 0.1) is 11.8 Å². The second kappa shape index (κ2) is 6.82. The smallest absolute Gasteiger partial charge is 0.0916 e. The summed E-state index contributed by atoms with van der Waals surface area (Å²) in [5, 5.41) is 18.5. The number of nitrogens with one attached hydrogen (secondary N) is 1. The van der Waals surface area contributed by atoms with Gasteiger partial charge in [0.25, 0.3) is 0 Å². The van der Waals surface area contributed by atoms with E-state index in [-0.39, 0.29) is 0 Å². The molecule has 118 valence electrons. The van der Waals surface area contributed by atoms with Gasteiger partial charge in [0.2, 0.25) is 0 Å². The average Bonchev–Trinajstić information content (AvgIpc) is 2.95. The number of H-pyrrole nitrogens is 1. The first-order valence-electron chi connectivity index (χ1n) is 7.79. The van der Waals surface area contributed by atoms with Crippen LogP contribution < -0.4 is 0 Å². The zero-order valence-corrected chi connectivity index (χ0v) is 13.6. The van der Waals surface area contributed by atoms with Crippen LogP contribution in [-0.4, -0.2) is 39.8 Å². The summed E-state index contributed by atoms with van der Waals surface area (Å²) >= 11 is 5.90. The number of hydrogen-bond acceptors (Lipinski definition) is 3. The van der Waals surface area contributed by atoms with Gasteiger partial charge in [-0.2, -0.15) is 5.10 Å². The zero-order valence-electron chi connectivity index (χ0n) is 12.8. The van der Waals surface area contributed by atoms with Gasteiger partial charge in [0.15, 0.2) is 0 Å². The fourth-order valence-electron chi connectivity index (χ4n) is 3.15. The monoisotopic (exact) mass is 319 g/mol. The van der Waals surface area contributed by atoms with E-state index in [1.165, 1.54) is 0 Å². The van der Waals surface area contributed by atoms with Crippen LogP contribution >= 0.6 is 11.6 Å². The Morgan fingerprint density at radius 1 is 1.41 bits per heavy atom. The van der Waals surface area contributed by atoms with Crippen molar-refractivity contribution in [3.05, 3.63) is 52.3 Å². The largest absolute Gasteiger partial charge is 0.387 e. The maximum Gasteiger partial charge on any atom is 0.0916 e. The molecule has 22 heavy (non-hydrogen) atoms. The van der Waals surface area contributed by atoms with E-state index in [0.717, 1.165) is 42.9 Å². The minimum Gasteiger partial charge on any atom is -0.387 e. The van der Waals surface area contributed by atoms with Crippen LogP contribution in [0.1, 0.15) is 41.8 Å². The third-order valence-electron chi connectivity index (χ3n) is 4.34. The van der Waals surface area contributed by atoms with E-state index < -0.39 is 6.10 Å². The van der Waals surface area contributed by atoms with Crippen molar-refractivity contribution in [1.82, 2.24) is 15.1 Å². The highest BCUT2D eigenvalue weighted by molar-refractivity contribution is 6.30. The molecule has 3 rings (SSSR count). The second-order valence-corrected chi connectivity index (χ2v) is 6.58. The fourth-order valence-corrected chi connectivity index (χ4v) is 3.27. The van der Waals surface area contributed by atoms with Gasteiger partial charge in [-0.15, -0.1) is 0 Å². The molecule has 1 aromatic carbocycles. The molecule has 2 aromatic rings. The van der Waals surface area contributed by atoms with Crippen LogP contribution in [0, 0.1) is 6.92 Å². The lowest BCUT2D eigenvalue weighted by atomic mass is 9.94. The molecule has 5 heteroatoms. The molecule has 4 nitrogen and oxygen atoms in total. The summed E-state index contributed by atoms with van der Waals surface area (Å²) in [5.41, 5.74) is 3.17. The van der Waals surface area contributed by atoms with E-state index in [4.69, 9.17) is 11.6 Å². The number of likely N-dealkylation sites (tertiary alicyclic amines) is 1. The van der Waals surface area contributed by atoms with E-state index in [0.29, 0.717) is 17.5 Å². The number of piperidine rings is 1. The van der Waals surface area contributed by atoms with Gasteiger partial charge >= 0.3 is 0 Å². The van der Waals surface area contributed by atoms with E-state index in [1.807, 2.05) is 31.2 Å². The molecule has 0 spiro atoms. The lowest BCUT2D eigenvalue weighted by Crippen LogP contribution is -2.37. The topological polar surface area (TPSA) is 52.1 Å². The molecule has 1 fully saturated rings. The molecule has 0 bridgehead atoms. The molecule has 0 saturated carbocycles. The number of hydrogen-bond donors (Lipinski definition) is 2. The number of aliphatic hydroxyl groups excluding tert-OH is 1. The van der Waals surface area contributed by atoms with E-state index >= 15 is 0 Å². The van der Waals surface area contributed by atoms with Gasteiger partial charge < -0.3 is 5.11 Å². The normalized spacial score (nSPS) is 21.0. The molecule has 1 aromatic heterocycles. The van der Waals surface area contributed by atoms with Crippen LogP contribution in [0.4, 0.5) is 0 Å². The highest BCUT2D eigenvalue weighted by atomic mass is 35.5. The van der Waals surface area contributed by atoms with Crippen molar-refractivity contribution in [2.75, 3.05) is 19.6 Å². The highest BCUT2D eigenvalue weighted by Gasteiger charge is 2.24. The Bertz CT molecular complexity index is 611. The quantitative estimate of drug-likeness (QED) is 0.909. The van der Waals surface area contributed by atoms with E-state index in [9.17, 15) is 5.11 Å².